The molecule has 2 rings (SSSR count). The van der Waals surface area contributed by atoms with E-state index in [9.17, 15) is 45.3 Å². The van der Waals surface area contributed by atoms with Crippen molar-refractivity contribution in [1.82, 2.24) is 0 Å². The number of carbonyl (C=O) groups excluding carboxylic acids is 2. The standard InChI is InChI=1S/C61H96O15/c1-3-5-7-9-11-13-15-17-19-21-23-24-26-28-30-32-34-36-38-40-42-44-53(64)74-49(46-71-52(63)43-41-39-37-35-33-31-29-27-25-22-20-18-16-14-12-10-8-6-4-2)47-72-60-59(70)57(68)55(66)51(76-60)48-73-61-58(69)56(67)54(65)50(45-62)75-61/h6,8,12,14,18-21,24-27,30-33,36-39,49-51,54-62,65-70H,3-5,7,9-11,13,15-17,22-23,28-29,34-35,40-48H2,1-2H3/b8-6+,14-12+,20-18+,21-19+,26-24+,27-25+,32-30+,33-31+,38-36+,39-37+/t49-,50+,51+,54-,55-,56?,57?,58?,59?,60+,61+/m1/s1. The van der Waals surface area contributed by atoms with Crippen LogP contribution in [-0.4, -0.2) is 142 Å². The third-order valence-electron chi connectivity index (χ3n) is 12.4. The van der Waals surface area contributed by atoms with Gasteiger partial charge in [-0.15, -0.1) is 0 Å². The summed E-state index contributed by atoms with van der Waals surface area (Å²) in [7, 11) is 0. The van der Waals surface area contributed by atoms with Gasteiger partial charge < -0.3 is 64.2 Å². The second-order valence-electron chi connectivity index (χ2n) is 19.0. The number of unbranched alkanes of at least 4 members (excludes halogenated alkanes) is 8. The Hall–Kier alpha value is -4.10. The molecular weight excluding hydrogens is 973 g/mol. The molecule has 0 aliphatic carbocycles. The van der Waals surface area contributed by atoms with Gasteiger partial charge in [0.2, 0.25) is 0 Å². The van der Waals surface area contributed by atoms with Crippen molar-refractivity contribution in [3.05, 3.63) is 122 Å². The second kappa shape index (κ2) is 45.9. The molecule has 430 valence electrons. The molecule has 2 heterocycles. The minimum atomic E-state index is -1.79. The van der Waals surface area contributed by atoms with Crippen molar-refractivity contribution in [2.24, 2.45) is 0 Å². The molecule has 11 atom stereocenters. The van der Waals surface area contributed by atoms with Gasteiger partial charge in [0, 0.05) is 12.8 Å². The van der Waals surface area contributed by atoms with Gasteiger partial charge in [-0.05, 0) is 89.9 Å². The van der Waals surface area contributed by atoms with Crippen molar-refractivity contribution in [1.29, 1.82) is 0 Å². The monoisotopic (exact) mass is 1070 g/mol. The average molecular weight is 1070 g/mol. The molecule has 0 saturated carbocycles. The quantitative estimate of drug-likeness (QED) is 0.0172. The lowest BCUT2D eigenvalue weighted by molar-refractivity contribution is -0.332. The molecule has 7 N–H and O–H groups in total. The molecule has 4 unspecified atom stereocenters. The summed E-state index contributed by atoms with van der Waals surface area (Å²) in [4.78, 5) is 25.8. The van der Waals surface area contributed by atoms with E-state index in [-0.39, 0.29) is 19.4 Å². The van der Waals surface area contributed by atoms with Gasteiger partial charge in [0.05, 0.1) is 19.8 Å². The molecule has 2 saturated heterocycles. The molecule has 15 heteroatoms. The van der Waals surface area contributed by atoms with Crippen molar-refractivity contribution in [3.63, 3.8) is 0 Å². The number of aliphatic hydroxyl groups excluding tert-OH is 7. The fourth-order valence-electron chi connectivity index (χ4n) is 7.88. The molecule has 0 aromatic rings. The van der Waals surface area contributed by atoms with Crippen LogP contribution < -0.4 is 0 Å². The molecule has 15 nitrogen and oxygen atoms in total. The van der Waals surface area contributed by atoms with E-state index in [1.807, 2.05) is 24.3 Å². The molecule has 76 heavy (non-hydrogen) atoms. The number of hydrogen-bond donors (Lipinski definition) is 7. The Balaban J connectivity index is 1.84. The predicted molar refractivity (Wildman–Crippen MR) is 298 cm³/mol. The smallest absolute Gasteiger partial charge is 0.306 e. The highest BCUT2D eigenvalue weighted by Gasteiger charge is 2.47. The van der Waals surface area contributed by atoms with Crippen molar-refractivity contribution in [3.8, 4) is 0 Å². The van der Waals surface area contributed by atoms with Crippen LogP contribution in [0.1, 0.15) is 155 Å². The number of esters is 2. The molecule has 0 radical (unpaired) electrons. The fourth-order valence-corrected chi connectivity index (χ4v) is 7.88. The summed E-state index contributed by atoms with van der Waals surface area (Å²) in [6.07, 6.45) is 45.3. The lowest BCUT2D eigenvalue weighted by Gasteiger charge is -2.42. The lowest BCUT2D eigenvalue weighted by Crippen LogP contribution is -2.61. The molecule has 2 fully saturated rings. The van der Waals surface area contributed by atoms with Gasteiger partial charge in [-0.1, -0.05) is 174 Å². The number of aliphatic hydroxyl groups is 7. The number of carbonyl (C=O) groups is 2. The molecule has 0 amide bonds. The van der Waals surface area contributed by atoms with Gasteiger partial charge >= 0.3 is 11.9 Å². The highest BCUT2D eigenvalue weighted by molar-refractivity contribution is 5.70. The first-order valence-electron chi connectivity index (χ1n) is 28.1. The van der Waals surface area contributed by atoms with Crippen LogP contribution in [0.4, 0.5) is 0 Å². The minimum absolute atomic E-state index is 0.0659. The van der Waals surface area contributed by atoms with E-state index in [0.29, 0.717) is 25.7 Å². The SMILES string of the molecule is CC/C=C/C/C=C/C/C=C/C/C=C/C/C=C/C/C=C/CCC(=O)OC[C@H](CO[C@H]1O[C@@H](CO[C@H]2O[C@@H](CO)[C@@H](O)C(O)C2O)[C@@H](O)C(O)C1O)OC(=O)CCC/C=C/C/C=C/C/C=C/C/C=C/CCCCCCCCC. The van der Waals surface area contributed by atoms with Crippen LogP contribution >= 0.6 is 0 Å². The van der Waals surface area contributed by atoms with Gasteiger partial charge in [-0.3, -0.25) is 9.59 Å². The number of ether oxygens (including phenoxy) is 6. The van der Waals surface area contributed by atoms with Gasteiger partial charge in [0.15, 0.2) is 18.7 Å². The van der Waals surface area contributed by atoms with Crippen LogP contribution in [0.5, 0.6) is 0 Å². The molecule has 0 spiro atoms. The topological polar surface area (TPSA) is 231 Å². The maximum atomic E-state index is 13.0. The van der Waals surface area contributed by atoms with E-state index in [0.717, 1.165) is 57.8 Å². The summed E-state index contributed by atoms with van der Waals surface area (Å²) >= 11 is 0. The summed E-state index contributed by atoms with van der Waals surface area (Å²) in [5.74, 6) is -1.10. The first kappa shape index (κ1) is 68.0. The van der Waals surface area contributed by atoms with E-state index < -0.39 is 99.3 Å². The Labute approximate surface area is 454 Å². The summed E-state index contributed by atoms with van der Waals surface area (Å²) in [6.45, 7) is 2.32. The van der Waals surface area contributed by atoms with Crippen molar-refractivity contribution in [2.45, 2.75) is 223 Å². The second-order valence-corrected chi connectivity index (χ2v) is 19.0. The number of rotatable bonds is 42. The number of allylic oxidation sites excluding steroid dienone is 20. The van der Waals surface area contributed by atoms with Crippen LogP contribution in [0.2, 0.25) is 0 Å². The predicted octanol–water partition coefficient (Wildman–Crippen LogP) is 9.27. The van der Waals surface area contributed by atoms with Gasteiger partial charge in [-0.25, -0.2) is 0 Å². The largest absolute Gasteiger partial charge is 0.462 e. The Morgan fingerprint density at radius 2 is 0.855 bits per heavy atom. The van der Waals surface area contributed by atoms with Gasteiger partial charge in [-0.2, -0.15) is 0 Å². The first-order valence-corrected chi connectivity index (χ1v) is 28.1. The summed E-state index contributed by atoms with van der Waals surface area (Å²) in [6, 6.07) is 0. The Morgan fingerprint density at radius 3 is 1.36 bits per heavy atom. The zero-order chi connectivity index (χ0) is 55.3. The Kier molecular flexibility index (Phi) is 41.1. The van der Waals surface area contributed by atoms with Crippen molar-refractivity contribution >= 4 is 11.9 Å². The van der Waals surface area contributed by atoms with Gasteiger partial charge in [0.1, 0.15) is 55.4 Å². The normalized spacial score (nSPS) is 25.3. The molecule has 2 aliphatic heterocycles. The third kappa shape index (κ3) is 32.6. The molecule has 0 aromatic carbocycles. The third-order valence-corrected chi connectivity index (χ3v) is 12.4. The summed E-state index contributed by atoms with van der Waals surface area (Å²) in [5.41, 5.74) is 0. The van der Waals surface area contributed by atoms with Crippen LogP contribution in [-0.2, 0) is 38.0 Å². The molecule has 0 aromatic heterocycles. The molecule has 2 aliphatic rings. The average Bonchev–Trinajstić information content (AvgIpc) is 3.42. The van der Waals surface area contributed by atoms with Crippen LogP contribution in [0.15, 0.2) is 122 Å². The maximum absolute atomic E-state index is 13.0. The van der Waals surface area contributed by atoms with E-state index in [2.05, 4.69) is 111 Å². The van der Waals surface area contributed by atoms with E-state index in [1.54, 1.807) is 0 Å². The van der Waals surface area contributed by atoms with Gasteiger partial charge in [0.25, 0.3) is 0 Å². The lowest BCUT2D eigenvalue weighted by atomic mass is 9.98. The van der Waals surface area contributed by atoms with Crippen molar-refractivity contribution in [2.75, 3.05) is 26.4 Å². The first-order chi connectivity index (χ1) is 37.0. The van der Waals surface area contributed by atoms with E-state index in [4.69, 9.17) is 28.4 Å². The molecular formula is C61H96O15. The zero-order valence-corrected chi connectivity index (χ0v) is 45.7. The Bertz CT molecular complexity index is 1780. The maximum Gasteiger partial charge on any atom is 0.306 e. The van der Waals surface area contributed by atoms with Crippen LogP contribution in [0.3, 0.4) is 0 Å². The summed E-state index contributed by atoms with van der Waals surface area (Å²) < 4.78 is 33.5. The van der Waals surface area contributed by atoms with E-state index in [1.165, 1.54) is 44.9 Å². The van der Waals surface area contributed by atoms with Crippen LogP contribution in [0, 0.1) is 0 Å². The molecule has 0 bridgehead atoms. The minimum Gasteiger partial charge on any atom is -0.462 e. The van der Waals surface area contributed by atoms with Crippen molar-refractivity contribution < 1.29 is 73.8 Å². The Morgan fingerprint density at radius 1 is 0.434 bits per heavy atom. The highest BCUT2D eigenvalue weighted by Crippen LogP contribution is 2.26. The zero-order valence-electron chi connectivity index (χ0n) is 45.7. The summed E-state index contributed by atoms with van der Waals surface area (Å²) in [5, 5.41) is 72.2. The highest BCUT2D eigenvalue weighted by atomic mass is 16.7. The number of hydrogen-bond acceptors (Lipinski definition) is 15. The van der Waals surface area contributed by atoms with E-state index >= 15 is 0 Å². The van der Waals surface area contributed by atoms with Crippen LogP contribution in [0.25, 0.3) is 0 Å². The fraction of sp³-hybridized carbons (Fsp3) is 0.639.